The fourth-order valence-electron chi connectivity index (χ4n) is 5.88. The van der Waals surface area contributed by atoms with E-state index >= 15 is 0 Å². The molecular weight excluding hydrogens is 481 g/mol. The van der Waals surface area contributed by atoms with Crippen molar-refractivity contribution in [3.05, 3.63) is 11.6 Å². The highest BCUT2D eigenvalue weighted by Crippen LogP contribution is 2.74. The zero-order valence-corrected chi connectivity index (χ0v) is 22.0. The summed E-state index contributed by atoms with van der Waals surface area (Å²) in [4.78, 5) is 12.9. The quantitative estimate of drug-likeness (QED) is 0.399. The number of nitrogens with two attached hydrogens (primary N) is 1. The zero-order chi connectivity index (χ0) is 24.6. The SMILES string of the molecule is CC(C)OP(=O)(CC[C@@]12C[C@@H]1[C@@H](n1cnc3c(N)nc(Cl)nc31)[C@@H]1OC(C)(C)O[C@@H]12)OC(C)C. The summed E-state index contributed by atoms with van der Waals surface area (Å²) in [5.74, 6) is -0.257. The van der Waals surface area contributed by atoms with Gasteiger partial charge < -0.3 is 28.8 Å². The van der Waals surface area contributed by atoms with Crippen LogP contribution in [0.3, 0.4) is 0 Å². The second-order valence-electron chi connectivity index (χ2n) is 10.6. The summed E-state index contributed by atoms with van der Waals surface area (Å²) in [6.07, 6.45) is 2.85. The second-order valence-corrected chi connectivity index (χ2v) is 13.1. The Hall–Kier alpha value is -1.29. The third kappa shape index (κ3) is 4.06. The van der Waals surface area contributed by atoms with Crippen LogP contribution in [0.4, 0.5) is 5.82 Å². The Morgan fingerprint density at radius 3 is 2.56 bits per heavy atom. The number of imidazole rings is 1. The van der Waals surface area contributed by atoms with Gasteiger partial charge in [-0.05, 0) is 71.9 Å². The molecule has 2 aromatic heterocycles. The van der Waals surface area contributed by atoms with E-state index in [2.05, 4.69) is 15.0 Å². The maximum Gasteiger partial charge on any atom is 0.331 e. The molecule has 0 unspecified atom stereocenters. The molecule has 2 N–H and O–H groups in total. The van der Waals surface area contributed by atoms with Crippen molar-refractivity contribution in [3.8, 4) is 0 Å². The molecular formula is C22H33ClN5O5P. The van der Waals surface area contributed by atoms with Crippen molar-refractivity contribution in [3.63, 3.8) is 0 Å². The largest absolute Gasteiger partial charge is 0.382 e. The number of aromatic nitrogens is 4. The van der Waals surface area contributed by atoms with Gasteiger partial charge in [-0.25, -0.2) is 4.98 Å². The Bertz CT molecular complexity index is 1140. The normalized spacial score (nSPS) is 32.0. The van der Waals surface area contributed by atoms with E-state index in [-0.39, 0.29) is 52.9 Å². The summed E-state index contributed by atoms with van der Waals surface area (Å²) in [7, 11) is -3.27. The van der Waals surface area contributed by atoms with Gasteiger partial charge in [-0.15, -0.1) is 0 Å². The fraction of sp³-hybridized carbons (Fsp3) is 0.773. The molecule has 3 aliphatic rings. The van der Waals surface area contributed by atoms with Gasteiger partial charge in [-0.1, -0.05) is 0 Å². The van der Waals surface area contributed by atoms with Crippen LogP contribution in [-0.4, -0.2) is 55.9 Å². The second kappa shape index (κ2) is 8.11. The lowest BCUT2D eigenvalue weighted by molar-refractivity contribution is -0.161. The number of halogens is 1. The zero-order valence-electron chi connectivity index (χ0n) is 20.4. The number of nitrogens with zero attached hydrogens (tertiary/aromatic N) is 4. The Labute approximate surface area is 204 Å². The van der Waals surface area contributed by atoms with E-state index in [4.69, 9.17) is 35.9 Å². The van der Waals surface area contributed by atoms with E-state index in [0.29, 0.717) is 23.7 Å². The number of nitrogen functional groups attached to an aromatic ring is 1. The van der Waals surface area contributed by atoms with Crippen molar-refractivity contribution in [2.75, 3.05) is 11.9 Å². The molecule has 0 bridgehead atoms. The number of ether oxygens (including phenoxy) is 2. The molecule has 1 aliphatic heterocycles. The molecule has 34 heavy (non-hydrogen) atoms. The summed E-state index contributed by atoms with van der Waals surface area (Å²) in [6, 6.07) is -0.0708. The summed E-state index contributed by atoms with van der Waals surface area (Å²) in [5.41, 5.74) is 6.93. The lowest BCUT2D eigenvalue weighted by Gasteiger charge is -2.27. The number of hydrogen-bond donors (Lipinski definition) is 1. The maximum absolute atomic E-state index is 13.6. The standard InChI is InChI=1S/C22H33ClN5O5P/c1-11(2)32-34(29,33-12(3)4)8-7-22-9-13(22)15(16-17(22)31-21(5,6)30-16)28-10-25-14-18(24)26-20(23)27-19(14)28/h10-13,15-17H,7-9H2,1-6H3,(H2,24,26,27)/t13-,15-,16+,17+,22-/m1/s1. The van der Waals surface area contributed by atoms with Crippen molar-refractivity contribution in [2.24, 2.45) is 11.3 Å². The Kier molecular flexibility index (Phi) is 5.82. The van der Waals surface area contributed by atoms with Crippen LogP contribution in [0.5, 0.6) is 0 Å². The maximum atomic E-state index is 13.6. The summed E-state index contributed by atoms with van der Waals surface area (Å²) >= 11 is 6.11. The predicted octanol–water partition coefficient (Wildman–Crippen LogP) is 4.58. The monoisotopic (exact) mass is 513 g/mol. The van der Waals surface area contributed by atoms with Crippen LogP contribution in [-0.2, 0) is 23.1 Å². The highest BCUT2D eigenvalue weighted by Gasteiger charge is 2.75. The average molecular weight is 514 g/mol. The topological polar surface area (TPSA) is 124 Å². The third-order valence-electron chi connectivity index (χ3n) is 6.96. The highest BCUT2D eigenvalue weighted by atomic mass is 35.5. The lowest BCUT2D eigenvalue weighted by Crippen LogP contribution is -2.32. The van der Waals surface area contributed by atoms with Gasteiger partial charge in [0, 0.05) is 5.41 Å². The van der Waals surface area contributed by atoms with Gasteiger partial charge in [0.15, 0.2) is 17.3 Å². The molecule has 2 aromatic rings. The molecule has 1 saturated heterocycles. The molecule has 0 amide bonds. The Morgan fingerprint density at radius 2 is 1.91 bits per heavy atom. The Balaban J connectivity index is 1.47. The molecule has 188 valence electrons. The number of hydrogen-bond acceptors (Lipinski definition) is 9. The molecule has 12 heteroatoms. The summed E-state index contributed by atoms with van der Waals surface area (Å²) in [5, 5.41) is 0.0740. The number of fused-ring (bicyclic) bond motifs is 4. The number of anilines is 1. The van der Waals surface area contributed by atoms with Gasteiger partial charge in [0.2, 0.25) is 5.28 Å². The van der Waals surface area contributed by atoms with Crippen molar-refractivity contribution >= 4 is 36.2 Å². The first-order chi connectivity index (χ1) is 15.8. The van der Waals surface area contributed by atoms with Gasteiger partial charge >= 0.3 is 7.60 Å². The summed E-state index contributed by atoms with van der Waals surface area (Å²) < 4.78 is 40.0. The van der Waals surface area contributed by atoms with Gasteiger partial charge in [0.25, 0.3) is 0 Å². The first-order valence-electron chi connectivity index (χ1n) is 11.8. The van der Waals surface area contributed by atoms with Crippen LogP contribution in [0.25, 0.3) is 11.2 Å². The van der Waals surface area contributed by atoms with E-state index in [1.54, 1.807) is 6.33 Å². The van der Waals surface area contributed by atoms with Crippen LogP contribution in [0.15, 0.2) is 6.33 Å². The first-order valence-corrected chi connectivity index (χ1v) is 13.9. The minimum Gasteiger partial charge on any atom is -0.382 e. The molecule has 0 aromatic carbocycles. The van der Waals surface area contributed by atoms with Crippen molar-refractivity contribution in [2.45, 2.75) is 90.6 Å². The molecule has 5 atom stereocenters. The smallest absolute Gasteiger partial charge is 0.331 e. The van der Waals surface area contributed by atoms with E-state index in [0.717, 1.165) is 6.42 Å². The van der Waals surface area contributed by atoms with Crippen LogP contribution >= 0.6 is 19.2 Å². The highest BCUT2D eigenvalue weighted by molar-refractivity contribution is 7.53. The molecule has 3 heterocycles. The minimum absolute atomic E-state index is 0.0708. The van der Waals surface area contributed by atoms with Gasteiger partial charge in [0.05, 0.1) is 36.8 Å². The van der Waals surface area contributed by atoms with E-state index in [1.165, 1.54) is 0 Å². The summed E-state index contributed by atoms with van der Waals surface area (Å²) in [6.45, 7) is 11.3. The van der Waals surface area contributed by atoms with Crippen LogP contribution in [0, 0.1) is 11.3 Å². The Morgan fingerprint density at radius 1 is 1.24 bits per heavy atom. The van der Waals surface area contributed by atoms with Crippen molar-refractivity contribution < 1.29 is 23.1 Å². The van der Waals surface area contributed by atoms with Gasteiger partial charge in [-0.2, -0.15) is 9.97 Å². The molecule has 2 saturated carbocycles. The molecule has 0 spiro atoms. The molecule has 5 rings (SSSR count). The predicted molar refractivity (Wildman–Crippen MR) is 128 cm³/mol. The fourth-order valence-corrected chi connectivity index (χ4v) is 8.29. The van der Waals surface area contributed by atoms with Crippen LogP contribution < -0.4 is 5.73 Å². The third-order valence-corrected chi connectivity index (χ3v) is 9.39. The van der Waals surface area contributed by atoms with E-state index in [1.807, 2.05) is 46.1 Å². The van der Waals surface area contributed by atoms with E-state index in [9.17, 15) is 4.57 Å². The van der Waals surface area contributed by atoms with E-state index < -0.39 is 13.4 Å². The molecule has 3 fully saturated rings. The first kappa shape index (κ1) is 24.4. The van der Waals surface area contributed by atoms with Crippen molar-refractivity contribution in [1.29, 1.82) is 0 Å². The molecule has 2 aliphatic carbocycles. The molecule has 0 radical (unpaired) electrons. The average Bonchev–Trinajstić information content (AvgIpc) is 2.95. The molecule has 10 nitrogen and oxygen atoms in total. The van der Waals surface area contributed by atoms with Crippen LogP contribution in [0.2, 0.25) is 5.28 Å². The van der Waals surface area contributed by atoms with Gasteiger partial charge in [0.1, 0.15) is 11.6 Å². The number of rotatable bonds is 8. The van der Waals surface area contributed by atoms with Crippen LogP contribution in [0.1, 0.15) is 60.4 Å². The minimum atomic E-state index is -3.27. The van der Waals surface area contributed by atoms with Crippen molar-refractivity contribution in [1.82, 2.24) is 19.5 Å². The lowest BCUT2D eigenvalue weighted by atomic mass is 9.96. The van der Waals surface area contributed by atoms with Gasteiger partial charge in [-0.3, -0.25) is 4.57 Å².